The maximum atomic E-state index is 12.3. The number of nitrogens with one attached hydrogen (secondary N) is 1. The van der Waals surface area contributed by atoms with Crippen molar-refractivity contribution in [2.75, 3.05) is 45.0 Å². The summed E-state index contributed by atoms with van der Waals surface area (Å²) >= 11 is 0. The lowest BCUT2D eigenvalue weighted by Crippen LogP contribution is -2.43. The second-order valence-corrected chi connectivity index (χ2v) is 4.74. The van der Waals surface area contributed by atoms with Gasteiger partial charge < -0.3 is 20.5 Å². The number of benzene rings is 1. The highest BCUT2D eigenvalue weighted by molar-refractivity contribution is 5.97. The van der Waals surface area contributed by atoms with Gasteiger partial charge in [-0.3, -0.25) is 9.69 Å². The number of hydrogen-bond acceptors (Lipinski definition) is 5. The standard InChI is InChI=1S/C15H25N3O3/c1-5-18(8-9-20-3)11(2)15(19)17-14-7-6-12(21-4)10-13(14)16/h6-7,10-11H,5,8-9,16H2,1-4H3,(H,17,19). The van der Waals surface area contributed by atoms with E-state index in [0.717, 1.165) is 6.54 Å². The van der Waals surface area contributed by atoms with Crippen molar-refractivity contribution >= 4 is 17.3 Å². The van der Waals surface area contributed by atoms with Crippen LogP contribution in [0.1, 0.15) is 13.8 Å². The second kappa shape index (κ2) is 8.49. The minimum atomic E-state index is -0.258. The Hall–Kier alpha value is -1.79. The number of likely N-dealkylation sites (N-methyl/N-ethyl adjacent to an activating group) is 1. The van der Waals surface area contributed by atoms with E-state index in [1.54, 1.807) is 32.4 Å². The van der Waals surface area contributed by atoms with Crippen LogP contribution in [0.2, 0.25) is 0 Å². The molecule has 1 amide bonds. The van der Waals surface area contributed by atoms with Crippen LogP contribution in [-0.2, 0) is 9.53 Å². The third-order valence-corrected chi connectivity index (χ3v) is 3.43. The molecule has 0 aliphatic rings. The Morgan fingerprint density at radius 2 is 2.14 bits per heavy atom. The maximum Gasteiger partial charge on any atom is 0.241 e. The fourth-order valence-corrected chi connectivity index (χ4v) is 2.02. The lowest BCUT2D eigenvalue weighted by molar-refractivity contribution is -0.120. The fraction of sp³-hybridized carbons (Fsp3) is 0.533. The van der Waals surface area contributed by atoms with Crippen LogP contribution in [0.25, 0.3) is 0 Å². The van der Waals surface area contributed by atoms with E-state index in [1.165, 1.54) is 0 Å². The number of methoxy groups -OCH3 is 2. The molecule has 6 heteroatoms. The summed E-state index contributed by atoms with van der Waals surface area (Å²) in [4.78, 5) is 14.3. The smallest absolute Gasteiger partial charge is 0.241 e. The first-order chi connectivity index (χ1) is 10.0. The average Bonchev–Trinajstić information content (AvgIpc) is 2.49. The Bertz CT molecular complexity index is 465. The van der Waals surface area contributed by atoms with Gasteiger partial charge in [-0.05, 0) is 25.6 Å². The number of nitrogen functional groups attached to an aromatic ring is 1. The van der Waals surface area contributed by atoms with Crippen LogP contribution < -0.4 is 15.8 Å². The van der Waals surface area contributed by atoms with Gasteiger partial charge in [0.2, 0.25) is 5.91 Å². The molecule has 3 N–H and O–H groups in total. The van der Waals surface area contributed by atoms with Gasteiger partial charge in [0.1, 0.15) is 5.75 Å². The van der Waals surface area contributed by atoms with Crippen LogP contribution in [-0.4, -0.2) is 50.8 Å². The summed E-state index contributed by atoms with van der Waals surface area (Å²) in [6, 6.07) is 4.93. The van der Waals surface area contributed by atoms with Crippen molar-refractivity contribution in [2.24, 2.45) is 0 Å². The first-order valence-electron chi connectivity index (χ1n) is 7.00. The first-order valence-corrected chi connectivity index (χ1v) is 7.00. The van der Waals surface area contributed by atoms with Crippen LogP contribution in [0.5, 0.6) is 5.75 Å². The van der Waals surface area contributed by atoms with Crippen molar-refractivity contribution in [3.8, 4) is 5.75 Å². The number of nitrogens with zero attached hydrogens (tertiary/aromatic N) is 1. The summed E-state index contributed by atoms with van der Waals surface area (Å²) in [6.07, 6.45) is 0. The quantitative estimate of drug-likeness (QED) is 0.712. The molecule has 0 fully saturated rings. The van der Waals surface area contributed by atoms with Gasteiger partial charge >= 0.3 is 0 Å². The number of ether oxygens (including phenoxy) is 2. The van der Waals surface area contributed by atoms with Gasteiger partial charge in [-0.2, -0.15) is 0 Å². The van der Waals surface area contributed by atoms with Crippen LogP contribution in [0.15, 0.2) is 18.2 Å². The molecule has 0 aliphatic heterocycles. The molecule has 0 saturated heterocycles. The summed E-state index contributed by atoms with van der Waals surface area (Å²) in [7, 11) is 3.22. The SMILES string of the molecule is CCN(CCOC)C(C)C(=O)Nc1ccc(OC)cc1N. The zero-order chi connectivity index (χ0) is 15.8. The minimum absolute atomic E-state index is 0.0928. The lowest BCUT2D eigenvalue weighted by Gasteiger charge is -2.26. The maximum absolute atomic E-state index is 12.3. The third-order valence-electron chi connectivity index (χ3n) is 3.43. The molecule has 6 nitrogen and oxygen atoms in total. The second-order valence-electron chi connectivity index (χ2n) is 4.74. The van der Waals surface area contributed by atoms with Gasteiger partial charge in [-0.1, -0.05) is 6.92 Å². The highest BCUT2D eigenvalue weighted by Gasteiger charge is 2.20. The van der Waals surface area contributed by atoms with E-state index in [4.69, 9.17) is 15.2 Å². The molecular weight excluding hydrogens is 270 g/mol. The Morgan fingerprint density at radius 3 is 2.67 bits per heavy atom. The van der Waals surface area contributed by atoms with Crippen molar-refractivity contribution in [2.45, 2.75) is 19.9 Å². The van der Waals surface area contributed by atoms with Gasteiger partial charge in [-0.15, -0.1) is 0 Å². The molecule has 0 bridgehead atoms. The summed E-state index contributed by atoms with van der Waals surface area (Å²) < 4.78 is 10.1. The lowest BCUT2D eigenvalue weighted by atomic mass is 10.2. The zero-order valence-corrected chi connectivity index (χ0v) is 13.2. The average molecular weight is 295 g/mol. The molecule has 0 radical (unpaired) electrons. The molecule has 0 aliphatic carbocycles. The van der Waals surface area contributed by atoms with E-state index >= 15 is 0 Å². The van der Waals surface area contributed by atoms with Gasteiger partial charge in [-0.25, -0.2) is 0 Å². The molecule has 1 rings (SSSR count). The monoisotopic (exact) mass is 295 g/mol. The molecule has 0 saturated carbocycles. The van der Waals surface area contributed by atoms with Gasteiger partial charge in [0.25, 0.3) is 0 Å². The van der Waals surface area contributed by atoms with Crippen LogP contribution in [0, 0.1) is 0 Å². The summed E-state index contributed by atoms with van der Waals surface area (Å²) in [5.41, 5.74) is 6.98. The molecule has 1 atom stereocenters. The Kier molecular flexibility index (Phi) is 6.98. The third kappa shape index (κ3) is 4.91. The van der Waals surface area contributed by atoms with E-state index in [2.05, 4.69) is 5.32 Å². The Labute approximate surface area is 126 Å². The largest absolute Gasteiger partial charge is 0.497 e. The van der Waals surface area contributed by atoms with E-state index in [-0.39, 0.29) is 11.9 Å². The molecular formula is C15H25N3O3. The number of amides is 1. The van der Waals surface area contributed by atoms with Crippen molar-refractivity contribution in [3.63, 3.8) is 0 Å². The number of anilines is 2. The van der Waals surface area contributed by atoms with E-state index in [0.29, 0.717) is 30.3 Å². The van der Waals surface area contributed by atoms with Crippen LogP contribution in [0.3, 0.4) is 0 Å². The Balaban J connectivity index is 2.70. The zero-order valence-electron chi connectivity index (χ0n) is 13.2. The molecule has 1 aromatic rings. The topological polar surface area (TPSA) is 76.8 Å². The fourth-order valence-electron chi connectivity index (χ4n) is 2.02. The number of nitrogens with two attached hydrogens (primary N) is 1. The summed E-state index contributed by atoms with van der Waals surface area (Å²) in [5.74, 6) is 0.568. The number of carbonyl (C=O) groups excluding carboxylic acids is 1. The first kappa shape index (κ1) is 17.3. The molecule has 0 heterocycles. The molecule has 118 valence electrons. The summed E-state index contributed by atoms with van der Waals surface area (Å²) in [6.45, 7) is 5.96. The highest BCUT2D eigenvalue weighted by atomic mass is 16.5. The summed E-state index contributed by atoms with van der Waals surface area (Å²) in [5, 5.41) is 2.85. The van der Waals surface area contributed by atoms with Crippen LogP contribution >= 0.6 is 0 Å². The number of carbonyl (C=O) groups is 1. The van der Waals surface area contributed by atoms with Crippen molar-refractivity contribution in [1.29, 1.82) is 0 Å². The van der Waals surface area contributed by atoms with Crippen molar-refractivity contribution in [1.82, 2.24) is 4.90 Å². The van der Waals surface area contributed by atoms with E-state index < -0.39 is 0 Å². The molecule has 1 aromatic carbocycles. The minimum Gasteiger partial charge on any atom is -0.497 e. The predicted molar refractivity (Wildman–Crippen MR) is 84.6 cm³/mol. The van der Waals surface area contributed by atoms with Crippen molar-refractivity contribution < 1.29 is 14.3 Å². The molecule has 1 unspecified atom stereocenters. The molecule has 0 spiro atoms. The van der Waals surface area contributed by atoms with Crippen LogP contribution in [0.4, 0.5) is 11.4 Å². The van der Waals surface area contributed by atoms with Crippen molar-refractivity contribution in [3.05, 3.63) is 18.2 Å². The normalized spacial score (nSPS) is 12.2. The Morgan fingerprint density at radius 1 is 1.43 bits per heavy atom. The van der Waals surface area contributed by atoms with Gasteiger partial charge in [0, 0.05) is 19.7 Å². The van der Waals surface area contributed by atoms with Gasteiger partial charge in [0.15, 0.2) is 0 Å². The highest BCUT2D eigenvalue weighted by Crippen LogP contribution is 2.24. The van der Waals surface area contributed by atoms with Gasteiger partial charge in [0.05, 0.1) is 31.1 Å². The van der Waals surface area contributed by atoms with E-state index in [1.807, 2.05) is 18.7 Å². The molecule has 21 heavy (non-hydrogen) atoms. The van der Waals surface area contributed by atoms with E-state index in [9.17, 15) is 4.79 Å². The number of rotatable bonds is 8. The number of hydrogen-bond donors (Lipinski definition) is 2. The molecule has 0 aromatic heterocycles. The predicted octanol–water partition coefficient (Wildman–Crippen LogP) is 1.57.